The molecule has 238 valence electrons. The number of hydrogen-bond acceptors (Lipinski definition) is 6. The highest BCUT2D eigenvalue weighted by Crippen LogP contribution is 2.25. The molecule has 3 amide bonds. The second kappa shape index (κ2) is 15.3. The molecule has 0 spiro atoms. The Labute approximate surface area is 268 Å². The van der Waals surface area contributed by atoms with Crippen molar-refractivity contribution < 1.29 is 23.5 Å². The van der Waals surface area contributed by atoms with Crippen molar-refractivity contribution in [2.75, 3.05) is 39.3 Å². The predicted molar refractivity (Wildman–Crippen MR) is 170 cm³/mol. The third-order valence-electron chi connectivity index (χ3n) is 8.41. The molecule has 2 aliphatic heterocycles. The zero-order valence-electron chi connectivity index (χ0n) is 25.3. The monoisotopic (exact) mass is 635 g/mol. The highest BCUT2D eigenvalue weighted by atomic mass is 35.5. The topological polar surface area (TPSA) is 103 Å². The van der Waals surface area contributed by atoms with Gasteiger partial charge in [0.15, 0.2) is 0 Å². The van der Waals surface area contributed by atoms with Gasteiger partial charge >= 0.3 is 6.09 Å². The molecule has 0 aliphatic carbocycles. The van der Waals surface area contributed by atoms with Gasteiger partial charge in [-0.1, -0.05) is 66.2 Å². The summed E-state index contributed by atoms with van der Waals surface area (Å²) in [4.78, 5) is 43.3. The maximum Gasteiger partial charge on any atom is 0.407 e. The van der Waals surface area contributed by atoms with E-state index in [0.717, 1.165) is 11.1 Å². The van der Waals surface area contributed by atoms with Crippen LogP contribution >= 0.6 is 11.6 Å². The second-order valence-electron chi connectivity index (χ2n) is 11.3. The summed E-state index contributed by atoms with van der Waals surface area (Å²) in [5.74, 6) is -0.766. The van der Waals surface area contributed by atoms with Crippen LogP contribution in [0.4, 0.5) is 9.18 Å². The Morgan fingerprint density at radius 2 is 1.67 bits per heavy atom. The molecule has 2 heterocycles. The molecular weight excluding hydrogens is 597 g/mol. The lowest BCUT2D eigenvalue weighted by Crippen LogP contribution is -2.58. The molecule has 11 heteroatoms. The molecule has 0 radical (unpaired) electrons. The van der Waals surface area contributed by atoms with Crippen molar-refractivity contribution >= 4 is 29.5 Å². The molecule has 1 fully saturated rings. The summed E-state index contributed by atoms with van der Waals surface area (Å²) < 4.78 is 19.9. The third kappa shape index (κ3) is 8.39. The highest BCUT2D eigenvalue weighted by Gasteiger charge is 2.34. The summed E-state index contributed by atoms with van der Waals surface area (Å²) in [7, 11) is 0. The Bertz CT molecular complexity index is 1480. The fourth-order valence-corrected chi connectivity index (χ4v) is 6.11. The van der Waals surface area contributed by atoms with Gasteiger partial charge in [-0.25, -0.2) is 9.18 Å². The average molecular weight is 636 g/mol. The van der Waals surface area contributed by atoms with Crippen molar-refractivity contribution in [2.45, 2.75) is 44.4 Å². The van der Waals surface area contributed by atoms with Crippen LogP contribution in [0.1, 0.15) is 35.2 Å². The molecule has 3 unspecified atom stereocenters. The molecule has 3 aromatic carbocycles. The first-order valence-electron chi connectivity index (χ1n) is 15.3. The lowest BCUT2D eigenvalue weighted by molar-refractivity contribution is -0.138. The van der Waals surface area contributed by atoms with Gasteiger partial charge < -0.3 is 25.6 Å². The van der Waals surface area contributed by atoms with E-state index in [2.05, 4.69) is 20.9 Å². The Hall–Kier alpha value is -3.99. The van der Waals surface area contributed by atoms with Gasteiger partial charge in [-0.15, -0.1) is 0 Å². The van der Waals surface area contributed by atoms with Crippen molar-refractivity contribution in [2.24, 2.45) is 0 Å². The van der Waals surface area contributed by atoms with E-state index in [1.54, 1.807) is 42.2 Å². The highest BCUT2D eigenvalue weighted by molar-refractivity contribution is 6.30. The number of nitrogens with zero attached hydrogens (tertiary/aromatic N) is 2. The van der Waals surface area contributed by atoms with Gasteiger partial charge in [0.1, 0.15) is 11.9 Å². The van der Waals surface area contributed by atoms with Crippen molar-refractivity contribution in [3.05, 3.63) is 106 Å². The van der Waals surface area contributed by atoms with Gasteiger partial charge in [-0.2, -0.15) is 0 Å². The quantitative estimate of drug-likeness (QED) is 0.313. The van der Waals surface area contributed by atoms with E-state index in [-0.39, 0.29) is 30.8 Å². The lowest BCUT2D eigenvalue weighted by Gasteiger charge is -2.40. The molecule has 0 saturated carbocycles. The van der Waals surface area contributed by atoms with Gasteiger partial charge in [0.25, 0.3) is 0 Å². The van der Waals surface area contributed by atoms with Crippen LogP contribution < -0.4 is 16.0 Å². The normalized spacial score (nSPS) is 17.9. The van der Waals surface area contributed by atoms with Gasteiger partial charge in [0.05, 0.1) is 18.7 Å². The molecule has 0 aromatic heterocycles. The number of benzene rings is 3. The van der Waals surface area contributed by atoms with Crippen LogP contribution in [0.25, 0.3) is 0 Å². The predicted octanol–water partition coefficient (Wildman–Crippen LogP) is 3.85. The number of alkyl carbamates (subject to hydrolysis) is 1. The van der Waals surface area contributed by atoms with Gasteiger partial charge in [-0.3, -0.25) is 14.5 Å². The summed E-state index contributed by atoms with van der Waals surface area (Å²) in [5, 5.41) is 9.67. The molecule has 2 aliphatic rings. The standard InChI is InChI=1S/C34H39ClFN5O4/c1-2-45-34(44)38-22-31(27-9-5-6-10-28(27)36)40-15-17-41(18-16-40)33(43)30(19-23-11-13-26(35)14-12-23)39-32(42)29-20-24-7-3-4-8-25(24)21-37-29/h3-14,29-31,37H,2,15-22H2,1H3,(H,38,44)(H,39,42). The Morgan fingerprint density at radius 3 is 2.38 bits per heavy atom. The number of fused-ring (bicyclic) bond motifs is 1. The van der Waals surface area contributed by atoms with Crippen molar-refractivity contribution in [1.82, 2.24) is 25.8 Å². The molecule has 3 N–H and O–H groups in total. The largest absolute Gasteiger partial charge is 0.450 e. The molecule has 3 aromatic rings. The smallest absolute Gasteiger partial charge is 0.407 e. The van der Waals surface area contributed by atoms with E-state index in [4.69, 9.17) is 16.3 Å². The first-order chi connectivity index (χ1) is 21.8. The van der Waals surface area contributed by atoms with E-state index in [9.17, 15) is 18.8 Å². The summed E-state index contributed by atoms with van der Waals surface area (Å²) >= 11 is 6.10. The Morgan fingerprint density at radius 1 is 0.978 bits per heavy atom. The molecule has 9 nitrogen and oxygen atoms in total. The molecule has 3 atom stereocenters. The summed E-state index contributed by atoms with van der Waals surface area (Å²) in [6.45, 7) is 4.36. The van der Waals surface area contributed by atoms with Crippen molar-refractivity contribution in [3.8, 4) is 0 Å². The van der Waals surface area contributed by atoms with Gasteiger partial charge in [0, 0.05) is 56.3 Å². The van der Waals surface area contributed by atoms with Crippen LogP contribution in [0.3, 0.4) is 0 Å². The fourth-order valence-electron chi connectivity index (χ4n) is 5.99. The summed E-state index contributed by atoms with van der Waals surface area (Å²) in [5.41, 5.74) is 3.63. The number of ether oxygens (including phenoxy) is 1. The number of amides is 3. The molecule has 45 heavy (non-hydrogen) atoms. The first-order valence-corrected chi connectivity index (χ1v) is 15.7. The maximum atomic E-state index is 14.9. The van der Waals surface area contributed by atoms with Crippen LogP contribution in [0, 0.1) is 5.82 Å². The zero-order chi connectivity index (χ0) is 31.8. The molecule has 5 rings (SSSR count). The fraction of sp³-hybridized carbons (Fsp3) is 0.382. The van der Waals surface area contributed by atoms with E-state index < -0.39 is 24.2 Å². The van der Waals surface area contributed by atoms with Crippen LogP contribution in [0.2, 0.25) is 5.02 Å². The number of nitrogens with one attached hydrogen (secondary N) is 3. The number of rotatable bonds is 10. The summed E-state index contributed by atoms with van der Waals surface area (Å²) in [6, 6.07) is 20.1. The minimum absolute atomic E-state index is 0.153. The van der Waals surface area contributed by atoms with Gasteiger partial charge in [0.2, 0.25) is 11.8 Å². The summed E-state index contributed by atoms with van der Waals surface area (Å²) in [6.07, 6.45) is 0.288. The minimum atomic E-state index is -0.781. The zero-order valence-corrected chi connectivity index (χ0v) is 26.1. The van der Waals surface area contributed by atoms with Crippen LogP contribution in [-0.2, 0) is 33.7 Å². The number of hydrogen-bond donors (Lipinski definition) is 3. The second-order valence-corrected chi connectivity index (χ2v) is 11.7. The third-order valence-corrected chi connectivity index (χ3v) is 8.66. The molecular formula is C34H39ClFN5O4. The van der Waals surface area contributed by atoms with E-state index in [1.807, 2.05) is 36.4 Å². The molecule has 0 bridgehead atoms. The number of carbonyl (C=O) groups is 3. The van der Waals surface area contributed by atoms with Gasteiger partial charge in [-0.05, 0) is 48.2 Å². The lowest BCUT2D eigenvalue weighted by atomic mass is 9.95. The SMILES string of the molecule is CCOC(=O)NCC(c1ccccc1F)N1CCN(C(=O)C(Cc2ccc(Cl)cc2)NC(=O)C2Cc3ccccc3CN2)CC1. The Kier molecular flexibility index (Phi) is 11.0. The average Bonchev–Trinajstić information content (AvgIpc) is 3.06. The van der Waals surface area contributed by atoms with Crippen LogP contribution in [-0.4, -0.2) is 79.1 Å². The number of halogens is 2. The Balaban J connectivity index is 1.27. The van der Waals surface area contributed by atoms with Crippen molar-refractivity contribution in [3.63, 3.8) is 0 Å². The van der Waals surface area contributed by atoms with E-state index in [0.29, 0.717) is 56.2 Å². The van der Waals surface area contributed by atoms with E-state index in [1.165, 1.54) is 11.6 Å². The van der Waals surface area contributed by atoms with E-state index >= 15 is 0 Å². The molecule has 1 saturated heterocycles. The number of carbonyl (C=O) groups excluding carboxylic acids is 3. The first kappa shape index (κ1) is 32.4. The van der Waals surface area contributed by atoms with Crippen molar-refractivity contribution in [1.29, 1.82) is 0 Å². The minimum Gasteiger partial charge on any atom is -0.450 e. The van der Waals surface area contributed by atoms with Crippen LogP contribution in [0.15, 0.2) is 72.8 Å². The number of piperazine rings is 1. The maximum absolute atomic E-state index is 14.9. The van der Waals surface area contributed by atoms with Crippen LogP contribution in [0.5, 0.6) is 0 Å².